The van der Waals surface area contributed by atoms with Gasteiger partial charge in [-0.15, -0.1) is 0 Å². The van der Waals surface area contributed by atoms with Crippen molar-refractivity contribution in [3.63, 3.8) is 0 Å². The first-order valence-corrected chi connectivity index (χ1v) is 29.1. The second-order valence-corrected chi connectivity index (χ2v) is 19.2. The zero-order valence-electron chi connectivity index (χ0n) is 45.3. The maximum atomic E-state index is 12.7. The minimum Gasteiger partial charge on any atom is -0.462 e. The molecule has 0 saturated heterocycles. The molecule has 0 radical (unpaired) electrons. The lowest BCUT2D eigenvalue weighted by atomic mass is 10.0. The number of ether oxygens (including phenoxy) is 3. The first kappa shape index (κ1) is 65.6. The van der Waals surface area contributed by atoms with Crippen LogP contribution in [0.15, 0.2) is 85.1 Å². The van der Waals surface area contributed by atoms with E-state index < -0.39 is 6.10 Å². The van der Waals surface area contributed by atoms with E-state index in [0.29, 0.717) is 19.3 Å². The van der Waals surface area contributed by atoms with Gasteiger partial charge in [-0.25, -0.2) is 0 Å². The van der Waals surface area contributed by atoms with E-state index in [1.54, 1.807) is 0 Å². The van der Waals surface area contributed by atoms with Gasteiger partial charge in [0.2, 0.25) is 0 Å². The minimum absolute atomic E-state index is 0.0808. The van der Waals surface area contributed by atoms with Crippen LogP contribution in [0.1, 0.15) is 278 Å². The third-order valence-corrected chi connectivity index (χ3v) is 12.3. The smallest absolute Gasteiger partial charge is 0.306 e. The van der Waals surface area contributed by atoms with Gasteiger partial charge < -0.3 is 14.2 Å². The fraction of sp³-hybridized carbons (Fsp3) is 0.730. The van der Waals surface area contributed by atoms with Crippen LogP contribution in [0.3, 0.4) is 0 Å². The quantitative estimate of drug-likeness (QED) is 0.0262. The molecular weight excluding hydrogens is 853 g/mol. The highest BCUT2D eigenvalue weighted by Crippen LogP contribution is 2.16. The fourth-order valence-electron chi connectivity index (χ4n) is 8.00. The van der Waals surface area contributed by atoms with Crippen LogP contribution in [0.25, 0.3) is 0 Å². The highest BCUT2D eigenvalue weighted by molar-refractivity contribution is 5.71. The molecule has 0 aromatic carbocycles. The molecular formula is C63H108O6. The van der Waals surface area contributed by atoms with Gasteiger partial charge in [0.1, 0.15) is 13.2 Å². The fourth-order valence-corrected chi connectivity index (χ4v) is 8.00. The molecule has 6 nitrogen and oxygen atoms in total. The van der Waals surface area contributed by atoms with Gasteiger partial charge in [-0.1, -0.05) is 241 Å². The Balaban J connectivity index is 4.06. The average molecular weight is 962 g/mol. The summed E-state index contributed by atoms with van der Waals surface area (Å²) in [5.74, 6) is -0.900. The molecule has 1 atom stereocenters. The van der Waals surface area contributed by atoms with Gasteiger partial charge in [0, 0.05) is 19.3 Å². The molecule has 0 aliphatic carbocycles. The molecule has 0 rings (SSSR count). The summed E-state index contributed by atoms with van der Waals surface area (Å²) >= 11 is 0. The van der Waals surface area contributed by atoms with Crippen LogP contribution in [0.4, 0.5) is 0 Å². The third-order valence-electron chi connectivity index (χ3n) is 12.3. The van der Waals surface area contributed by atoms with Crippen LogP contribution in [0.2, 0.25) is 0 Å². The summed E-state index contributed by atoms with van der Waals surface area (Å²) in [5, 5.41) is 0. The summed E-state index contributed by atoms with van der Waals surface area (Å²) in [6.07, 6.45) is 74.7. The van der Waals surface area contributed by atoms with E-state index in [0.717, 1.165) is 122 Å². The maximum absolute atomic E-state index is 12.7. The van der Waals surface area contributed by atoms with Crippen LogP contribution in [-0.2, 0) is 28.6 Å². The molecule has 69 heavy (non-hydrogen) atoms. The van der Waals surface area contributed by atoms with E-state index >= 15 is 0 Å². The largest absolute Gasteiger partial charge is 0.462 e. The molecule has 0 aliphatic rings. The number of allylic oxidation sites excluding steroid dienone is 14. The second kappa shape index (κ2) is 57.2. The molecule has 0 aromatic heterocycles. The predicted molar refractivity (Wildman–Crippen MR) is 297 cm³/mol. The zero-order chi connectivity index (χ0) is 50.0. The Hall–Kier alpha value is -3.41. The SMILES string of the molecule is CC/C=C\C/C=C\C/C=C\C/C=C\C/C=C\CCCCCCCCCCCCCCCCCC(=O)OCC(COC(=O)CCCCCCC/C=C\CCC)OC(=O)CCCCCCC/C=C\CCC. The van der Waals surface area contributed by atoms with Gasteiger partial charge in [-0.05, 0) is 103 Å². The Kier molecular flexibility index (Phi) is 54.3. The first-order chi connectivity index (χ1) is 34.0. The number of hydrogen-bond donors (Lipinski definition) is 0. The molecule has 0 bridgehead atoms. The molecule has 0 N–H and O–H groups in total. The van der Waals surface area contributed by atoms with E-state index in [2.05, 4.69) is 106 Å². The monoisotopic (exact) mass is 961 g/mol. The van der Waals surface area contributed by atoms with Crippen molar-refractivity contribution < 1.29 is 28.6 Å². The lowest BCUT2D eigenvalue weighted by Crippen LogP contribution is -2.30. The molecule has 0 fully saturated rings. The van der Waals surface area contributed by atoms with Crippen LogP contribution in [0.5, 0.6) is 0 Å². The molecule has 0 aromatic rings. The van der Waals surface area contributed by atoms with E-state index in [4.69, 9.17) is 14.2 Å². The first-order valence-electron chi connectivity index (χ1n) is 29.1. The number of carbonyl (C=O) groups is 3. The van der Waals surface area contributed by atoms with Crippen LogP contribution in [-0.4, -0.2) is 37.2 Å². The van der Waals surface area contributed by atoms with Crippen molar-refractivity contribution in [1.82, 2.24) is 0 Å². The highest BCUT2D eigenvalue weighted by Gasteiger charge is 2.19. The Morgan fingerprint density at radius 2 is 0.565 bits per heavy atom. The third kappa shape index (κ3) is 55.4. The Labute approximate surface area is 426 Å². The summed E-state index contributed by atoms with van der Waals surface area (Å²) < 4.78 is 16.8. The Morgan fingerprint density at radius 3 is 0.899 bits per heavy atom. The maximum Gasteiger partial charge on any atom is 0.306 e. The molecule has 0 saturated carbocycles. The summed E-state index contributed by atoms with van der Waals surface area (Å²) in [5.41, 5.74) is 0. The van der Waals surface area contributed by atoms with Gasteiger partial charge >= 0.3 is 17.9 Å². The number of rotatable bonds is 52. The van der Waals surface area contributed by atoms with Crippen molar-refractivity contribution >= 4 is 17.9 Å². The predicted octanol–water partition coefficient (Wildman–Crippen LogP) is 19.5. The normalized spacial score (nSPS) is 12.7. The van der Waals surface area contributed by atoms with E-state index in [-0.39, 0.29) is 31.1 Å². The zero-order valence-corrected chi connectivity index (χ0v) is 45.3. The molecule has 1 unspecified atom stereocenters. The van der Waals surface area contributed by atoms with Gasteiger partial charge in [0.15, 0.2) is 6.10 Å². The van der Waals surface area contributed by atoms with Crippen LogP contribution in [0, 0.1) is 0 Å². The summed E-state index contributed by atoms with van der Waals surface area (Å²) in [4.78, 5) is 37.9. The van der Waals surface area contributed by atoms with Crippen molar-refractivity contribution in [2.75, 3.05) is 13.2 Å². The van der Waals surface area contributed by atoms with Gasteiger partial charge in [0.05, 0.1) is 0 Å². The van der Waals surface area contributed by atoms with Crippen LogP contribution >= 0.6 is 0 Å². The lowest BCUT2D eigenvalue weighted by Gasteiger charge is -2.18. The summed E-state index contributed by atoms with van der Waals surface area (Å²) in [6.45, 7) is 6.39. The molecule has 6 heteroatoms. The average Bonchev–Trinajstić information content (AvgIpc) is 3.35. The Bertz CT molecular complexity index is 1330. The number of hydrogen-bond acceptors (Lipinski definition) is 6. The second-order valence-electron chi connectivity index (χ2n) is 19.2. The minimum atomic E-state index is -0.780. The summed E-state index contributed by atoms with van der Waals surface area (Å²) in [6, 6.07) is 0. The van der Waals surface area contributed by atoms with Crippen molar-refractivity contribution in [2.24, 2.45) is 0 Å². The van der Waals surface area contributed by atoms with Crippen molar-refractivity contribution in [2.45, 2.75) is 284 Å². The Morgan fingerprint density at radius 1 is 0.304 bits per heavy atom. The molecule has 0 amide bonds. The molecule has 0 aliphatic heterocycles. The number of esters is 3. The summed E-state index contributed by atoms with van der Waals surface area (Å²) in [7, 11) is 0. The van der Waals surface area contributed by atoms with E-state index in [1.165, 1.54) is 116 Å². The van der Waals surface area contributed by atoms with Crippen LogP contribution < -0.4 is 0 Å². The van der Waals surface area contributed by atoms with Gasteiger partial charge in [-0.3, -0.25) is 14.4 Å². The highest BCUT2D eigenvalue weighted by atomic mass is 16.6. The molecule has 0 spiro atoms. The lowest BCUT2D eigenvalue weighted by molar-refractivity contribution is -0.167. The topological polar surface area (TPSA) is 78.9 Å². The molecule has 396 valence electrons. The van der Waals surface area contributed by atoms with E-state index in [9.17, 15) is 14.4 Å². The number of carbonyl (C=O) groups excluding carboxylic acids is 3. The van der Waals surface area contributed by atoms with Crippen molar-refractivity contribution in [3.8, 4) is 0 Å². The van der Waals surface area contributed by atoms with Gasteiger partial charge in [0.25, 0.3) is 0 Å². The standard InChI is InChI=1S/C63H108O6/c1-4-7-10-13-16-19-22-23-24-25-26-27-28-29-30-31-32-33-34-35-36-37-38-39-40-41-42-45-47-50-53-56-62(65)68-59-60(69-63(66)57-54-51-48-44-21-18-15-12-9-6-3)58-67-61(64)55-52-49-46-43-20-17-14-11-8-5-2/h7,10-12,14-16,19,23-24,26-27,29-30,60H,4-6,8-9,13,17-18,20-22,25,28,31-59H2,1-3H3/b10-7-,14-11-,15-12-,19-16-,24-23-,27-26-,30-29-. The van der Waals surface area contributed by atoms with Gasteiger partial charge in [-0.2, -0.15) is 0 Å². The molecule has 0 heterocycles. The van der Waals surface area contributed by atoms with Crippen molar-refractivity contribution in [1.29, 1.82) is 0 Å². The van der Waals surface area contributed by atoms with Crippen molar-refractivity contribution in [3.05, 3.63) is 85.1 Å². The number of unbranched alkanes of at least 4 members (excludes halogenated alkanes) is 27. The van der Waals surface area contributed by atoms with E-state index in [1.807, 2.05) is 0 Å².